The molecule has 2 heterocycles. The van der Waals surface area contributed by atoms with Crippen LogP contribution in [-0.4, -0.2) is 39.8 Å². The number of aromatic nitrogens is 2. The molecule has 0 aliphatic carbocycles. The van der Waals surface area contributed by atoms with E-state index in [2.05, 4.69) is 39.2 Å². The average molecular weight is 391 g/mol. The van der Waals surface area contributed by atoms with Crippen molar-refractivity contribution < 1.29 is 9.59 Å². The van der Waals surface area contributed by atoms with Crippen LogP contribution in [-0.2, 0) is 11.3 Å². The van der Waals surface area contributed by atoms with Gasteiger partial charge in [0.2, 0.25) is 5.91 Å². The zero-order valence-electron chi connectivity index (χ0n) is 16.4. The molecule has 4 rings (SSSR count). The SMILES string of the molecule is Cc1ccc2nc(CN3CCC(C(=O)Nc4ccccc4C(N)=O)CC3)[nH]c2c1. The van der Waals surface area contributed by atoms with Crippen LogP contribution in [0.1, 0.15) is 34.6 Å². The number of aryl methyl sites for hydroxylation is 1. The maximum Gasteiger partial charge on any atom is 0.250 e. The third kappa shape index (κ3) is 4.30. The van der Waals surface area contributed by atoms with E-state index in [1.54, 1.807) is 24.3 Å². The molecule has 0 spiro atoms. The summed E-state index contributed by atoms with van der Waals surface area (Å²) < 4.78 is 0. The molecular weight excluding hydrogens is 366 g/mol. The second-order valence-corrected chi connectivity index (χ2v) is 7.65. The van der Waals surface area contributed by atoms with Crippen molar-refractivity contribution in [2.75, 3.05) is 18.4 Å². The van der Waals surface area contributed by atoms with E-state index >= 15 is 0 Å². The van der Waals surface area contributed by atoms with Gasteiger partial charge < -0.3 is 16.0 Å². The molecule has 4 N–H and O–H groups in total. The van der Waals surface area contributed by atoms with Gasteiger partial charge in [0.1, 0.15) is 5.82 Å². The number of carbonyl (C=O) groups is 2. The monoisotopic (exact) mass is 391 g/mol. The summed E-state index contributed by atoms with van der Waals surface area (Å²) in [5, 5.41) is 2.87. The number of likely N-dealkylation sites (tertiary alicyclic amines) is 1. The van der Waals surface area contributed by atoms with Gasteiger partial charge in [-0.3, -0.25) is 14.5 Å². The van der Waals surface area contributed by atoms with Gasteiger partial charge >= 0.3 is 0 Å². The number of anilines is 1. The van der Waals surface area contributed by atoms with Crippen LogP contribution >= 0.6 is 0 Å². The molecular formula is C22H25N5O2. The molecule has 29 heavy (non-hydrogen) atoms. The van der Waals surface area contributed by atoms with E-state index in [1.165, 1.54) is 5.56 Å². The number of piperidine rings is 1. The fourth-order valence-electron chi connectivity index (χ4n) is 3.86. The summed E-state index contributed by atoms with van der Waals surface area (Å²) in [6.07, 6.45) is 1.54. The minimum absolute atomic E-state index is 0.0578. The van der Waals surface area contributed by atoms with E-state index in [0.717, 1.165) is 49.3 Å². The van der Waals surface area contributed by atoms with Crippen LogP contribution in [0.2, 0.25) is 0 Å². The van der Waals surface area contributed by atoms with Gasteiger partial charge in [-0.15, -0.1) is 0 Å². The number of fused-ring (bicyclic) bond motifs is 1. The number of hydrogen-bond donors (Lipinski definition) is 3. The van der Waals surface area contributed by atoms with Crippen LogP contribution in [0.15, 0.2) is 42.5 Å². The molecule has 0 atom stereocenters. The number of aromatic amines is 1. The van der Waals surface area contributed by atoms with Crippen LogP contribution in [0, 0.1) is 12.8 Å². The molecule has 2 amide bonds. The number of benzene rings is 2. The van der Waals surface area contributed by atoms with E-state index in [4.69, 9.17) is 5.73 Å². The molecule has 150 valence electrons. The molecule has 7 nitrogen and oxygen atoms in total. The van der Waals surface area contributed by atoms with Gasteiger partial charge in [-0.05, 0) is 62.7 Å². The van der Waals surface area contributed by atoms with Crippen molar-refractivity contribution in [3.05, 3.63) is 59.4 Å². The van der Waals surface area contributed by atoms with Crippen molar-refractivity contribution in [2.45, 2.75) is 26.3 Å². The van der Waals surface area contributed by atoms with Gasteiger partial charge in [0.25, 0.3) is 5.91 Å². The summed E-state index contributed by atoms with van der Waals surface area (Å²) in [5.74, 6) is 0.267. The minimum atomic E-state index is -0.545. The lowest BCUT2D eigenvalue weighted by molar-refractivity contribution is -0.121. The molecule has 0 unspecified atom stereocenters. The molecule has 3 aromatic rings. The first-order valence-electron chi connectivity index (χ1n) is 9.87. The van der Waals surface area contributed by atoms with Crippen molar-refractivity contribution in [2.24, 2.45) is 11.7 Å². The topological polar surface area (TPSA) is 104 Å². The Bertz CT molecular complexity index is 1050. The number of hydrogen-bond acceptors (Lipinski definition) is 4. The third-order valence-corrected chi connectivity index (χ3v) is 5.47. The van der Waals surface area contributed by atoms with Crippen molar-refractivity contribution in [1.29, 1.82) is 0 Å². The highest BCUT2D eigenvalue weighted by Gasteiger charge is 2.26. The number of amides is 2. The average Bonchev–Trinajstić information content (AvgIpc) is 3.10. The van der Waals surface area contributed by atoms with E-state index < -0.39 is 5.91 Å². The summed E-state index contributed by atoms with van der Waals surface area (Å²) in [6, 6.07) is 13.0. The van der Waals surface area contributed by atoms with Gasteiger partial charge in [-0.1, -0.05) is 18.2 Å². The highest BCUT2D eigenvalue weighted by atomic mass is 16.2. The van der Waals surface area contributed by atoms with Gasteiger partial charge in [0.05, 0.1) is 28.8 Å². The number of nitrogens with zero attached hydrogens (tertiary/aromatic N) is 2. The smallest absolute Gasteiger partial charge is 0.250 e. The predicted molar refractivity (Wildman–Crippen MR) is 112 cm³/mol. The highest BCUT2D eigenvalue weighted by molar-refractivity contribution is 6.03. The van der Waals surface area contributed by atoms with E-state index in [0.29, 0.717) is 11.3 Å². The van der Waals surface area contributed by atoms with Crippen molar-refractivity contribution in [1.82, 2.24) is 14.9 Å². The van der Waals surface area contributed by atoms with Crippen LogP contribution in [0.25, 0.3) is 11.0 Å². The lowest BCUT2D eigenvalue weighted by atomic mass is 9.95. The first kappa shape index (κ1) is 19.1. The normalized spacial score (nSPS) is 15.5. The van der Waals surface area contributed by atoms with Crippen LogP contribution in [0.5, 0.6) is 0 Å². The Hall–Kier alpha value is -3.19. The third-order valence-electron chi connectivity index (χ3n) is 5.47. The zero-order valence-corrected chi connectivity index (χ0v) is 16.4. The van der Waals surface area contributed by atoms with Crippen LogP contribution in [0.4, 0.5) is 5.69 Å². The predicted octanol–water partition coefficient (Wildman–Crippen LogP) is 2.82. The summed E-state index contributed by atoms with van der Waals surface area (Å²) in [6.45, 7) is 4.46. The van der Waals surface area contributed by atoms with E-state index in [1.807, 2.05) is 6.07 Å². The lowest BCUT2D eigenvalue weighted by Crippen LogP contribution is -2.38. The Morgan fingerprint density at radius 3 is 2.72 bits per heavy atom. The fourth-order valence-corrected chi connectivity index (χ4v) is 3.86. The number of H-pyrrole nitrogens is 1. The number of carbonyl (C=O) groups excluding carboxylic acids is 2. The van der Waals surface area contributed by atoms with E-state index in [-0.39, 0.29) is 11.8 Å². The molecule has 1 aromatic heterocycles. The molecule has 7 heteroatoms. The first-order chi connectivity index (χ1) is 14.0. The molecule has 1 saturated heterocycles. The Morgan fingerprint density at radius 1 is 1.21 bits per heavy atom. The molecule has 0 bridgehead atoms. The van der Waals surface area contributed by atoms with Gasteiger partial charge in [-0.2, -0.15) is 0 Å². The van der Waals surface area contributed by atoms with Gasteiger partial charge in [-0.25, -0.2) is 4.98 Å². The first-order valence-corrected chi connectivity index (χ1v) is 9.87. The van der Waals surface area contributed by atoms with Crippen molar-refractivity contribution >= 4 is 28.5 Å². The fraction of sp³-hybridized carbons (Fsp3) is 0.318. The standard InChI is InChI=1S/C22H25N5O2/c1-14-6-7-18-19(12-14)25-20(24-18)13-27-10-8-15(9-11-27)22(29)26-17-5-3-2-4-16(17)21(23)28/h2-7,12,15H,8-11,13H2,1H3,(H2,23,28)(H,24,25)(H,26,29). The van der Waals surface area contributed by atoms with Crippen molar-refractivity contribution in [3.8, 4) is 0 Å². The zero-order chi connectivity index (χ0) is 20.4. The lowest BCUT2D eigenvalue weighted by Gasteiger charge is -2.30. The quantitative estimate of drug-likeness (QED) is 0.622. The highest BCUT2D eigenvalue weighted by Crippen LogP contribution is 2.23. The second kappa shape index (κ2) is 8.05. The van der Waals surface area contributed by atoms with Gasteiger partial charge in [0, 0.05) is 5.92 Å². The summed E-state index contributed by atoms with van der Waals surface area (Å²) >= 11 is 0. The number of rotatable bonds is 5. The Labute approximate surface area is 169 Å². The molecule has 1 fully saturated rings. The number of para-hydroxylation sites is 1. The minimum Gasteiger partial charge on any atom is -0.366 e. The van der Waals surface area contributed by atoms with Crippen molar-refractivity contribution in [3.63, 3.8) is 0 Å². The molecule has 1 aliphatic heterocycles. The second-order valence-electron chi connectivity index (χ2n) is 7.65. The molecule has 1 aliphatic rings. The molecule has 2 aromatic carbocycles. The summed E-state index contributed by atoms with van der Waals surface area (Å²) in [7, 11) is 0. The number of primary amides is 1. The van der Waals surface area contributed by atoms with Crippen LogP contribution < -0.4 is 11.1 Å². The maximum absolute atomic E-state index is 12.7. The molecule has 0 saturated carbocycles. The number of nitrogens with one attached hydrogen (secondary N) is 2. The Kier molecular flexibility index (Phi) is 5.31. The largest absolute Gasteiger partial charge is 0.366 e. The van der Waals surface area contributed by atoms with E-state index in [9.17, 15) is 9.59 Å². The Balaban J connectivity index is 1.34. The van der Waals surface area contributed by atoms with Gasteiger partial charge in [0.15, 0.2) is 0 Å². The summed E-state index contributed by atoms with van der Waals surface area (Å²) in [4.78, 5) is 34.6. The number of imidazole rings is 1. The number of nitrogens with two attached hydrogens (primary N) is 1. The van der Waals surface area contributed by atoms with Crippen LogP contribution in [0.3, 0.4) is 0 Å². The Morgan fingerprint density at radius 2 is 1.97 bits per heavy atom. The summed E-state index contributed by atoms with van der Waals surface area (Å²) in [5.41, 5.74) is 9.44. The maximum atomic E-state index is 12.7. The molecule has 0 radical (unpaired) electrons.